The van der Waals surface area contributed by atoms with E-state index >= 15 is 0 Å². The molecule has 2 unspecified atom stereocenters. The lowest BCUT2D eigenvalue weighted by Gasteiger charge is -2.21. The van der Waals surface area contributed by atoms with E-state index in [0.29, 0.717) is 25.7 Å². The van der Waals surface area contributed by atoms with Crippen LogP contribution in [-0.2, 0) is 65.4 Å². The van der Waals surface area contributed by atoms with Crippen molar-refractivity contribution in [1.29, 1.82) is 0 Å². The van der Waals surface area contributed by atoms with Crippen molar-refractivity contribution in [3.8, 4) is 0 Å². The van der Waals surface area contributed by atoms with Gasteiger partial charge in [-0.05, 0) is 31.6 Å². The van der Waals surface area contributed by atoms with Crippen molar-refractivity contribution in [3.05, 3.63) is 0 Å². The molecule has 570 valence electrons. The van der Waals surface area contributed by atoms with E-state index in [9.17, 15) is 43.2 Å². The number of ether oxygens (including phenoxy) is 4. The summed E-state index contributed by atoms with van der Waals surface area (Å²) in [7, 11) is -9.91. The van der Waals surface area contributed by atoms with Crippen LogP contribution in [0.5, 0.6) is 0 Å². The minimum absolute atomic E-state index is 0.107. The summed E-state index contributed by atoms with van der Waals surface area (Å²) >= 11 is 0. The lowest BCUT2D eigenvalue weighted by atomic mass is 10.0. The molecule has 0 spiro atoms. The highest BCUT2D eigenvalue weighted by Gasteiger charge is 2.30. The van der Waals surface area contributed by atoms with E-state index in [0.717, 1.165) is 95.8 Å². The van der Waals surface area contributed by atoms with E-state index < -0.39 is 97.5 Å². The normalized spacial score (nSPS) is 13.9. The van der Waals surface area contributed by atoms with E-state index in [-0.39, 0.29) is 25.7 Å². The Morgan fingerprint density at radius 3 is 0.708 bits per heavy atom. The van der Waals surface area contributed by atoms with Gasteiger partial charge in [0.2, 0.25) is 0 Å². The molecule has 0 aromatic rings. The smallest absolute Gasteiger partial charge is 0.462 e. The van der Waals surface area contributed by atoms with Gasteiger partial charge in [0, 0.05) is 25.7 Å². The molecule has 17 nitrogen and oxygen atoms in total. The molecule has 0 amide bonds. The Morgan fingerprint density at radius 1 is 0.281 bits per heavy atom. The number of carbonyl (C=O) groups excluding carboxylic acids is 4. The number of phosphoric ester groups is 2. The van der Waals surface area contributed by atoms with Gasteiger partial charge in [-0.3, -0.25) is 37.3 Å². The molecule has 0 bridgehead atoms. The van der Waals surface area contributed by atoms with Gasteiger partial charge in [-0.2, -0.15) is 0 Å². The molecule has 0 radical (unpaired) electrons. The van der Waals surface area contributed by atoms with Gasteiger partial charge < -0.3 is 33.8 Å². The predicted octanol–water partition coefficient (Wildman–Crippen LogP) is 22.9. The third kappa shape index (κ3) is 70.5. The summed E-state index contributed by atoms with van der Waals surface area (Å²) < 4.78 is 68.6. The monoisotopic (exact) mass is 1410 g/mol. The van der Waals surface area contributed by atoms with Crippen LogP contribution in [0.2, 0.25) is 0 Å². The standard InChI is InChI=1S/C77H150O17P2/c1-6-9-12-15-18-21-24-27-28-29-30-31-32-33-35-38-41-48-53-58-63-77(82)93-72(66-87-74(79)60-55-50-45-39-37-34-25-22-19-16-13-10-7-2)68-91-95(83,84)89-64-71(78)65-90-96(85,86)92-69-73(67-88-75(80)61-56-51-46-43-42-44-49-54-59-70(4)5)94-76(81)62-57-52-47-40-36-26-23-20-17-14-11-8-3/h70-73,78H,6-69H2,1-5H3,(H,83,84)(H,85,86)/t71-,72-,73-/m1/s1. The lowest BCUT2D eigenvalue weighted by Crippen LogP contribution is -2.30. The minimum atomic E-state index is -4.96. The Morgan fingerprint density at radius 2 is 0.479 bits per heavy atom. The van der Waals surface area contributed by atoms with Crippen molar-refractivity contribution in [1.82, 2.24) is 0 Å². The van der Waals surface area contributed by atoms with Crippen LogP contribution >= 0.6 is 15.6 Å². The Kier molecular flexibility index (Phi) is 68.7. The molecule has 0 aliphatic carbocycles. The number of carbonyl (C=O) groups is 4. The summed E-state index contributed by atoms with van der Waals surface area (Å²) in [5, 5.41) is 10.6. The summed E-state index contributed by atoms with van der Waals surface area (Å²) in [4.78, 5) is 72.8. The van der Waals surface area contributed by atoms with Crippen LogP contribution in [0, 0.1) is 5.92 Å². The summed E-state index contributed by atoms with van der Waals surface area (Å²) in [6.45, 7) is 7.27. The van der Waals surface area contributed by atoms with Crippen LogP contribution in [-0.4, -0.2) is 96.7 Å². The third-order valence-corrected chi connectivity index (χ3v) is 19.9. The Balaban J connectivity index is 5.22. The SMILES string of the molecule is CCCCCCCCCCCCCCCCCCCCCCC(=O)O[C@H](COC(=O)CCCCCCCCCCCCCCC)COP(=O)(O)OC[C@@H](O)COP(=O)(O)OC[C@@H](COC(=O)CCCCCCCCCCC(C)C)OC(=O)CCCCCCCCCCCCCC. The van der Waals surface area contributed by atoms with Crippen molar-refractivity contribution >= 4 is 39.5 Å². The molecule has 0 aliphatic rings. The number of hydrogen-bond donors (Lipinski definition) is 3. The van der Waals surface area contributed by atoms with Gasteiger partial charge in [0.25, 0.3) is 0 Å². The van der Waals surface area contributed by atoms with Gasteiger partial charge >= 0.3 is 39.5 Å². The average Bonchev–Trinajstić information content (AvgIpc) is 1.30. The molecule has 0 aromatic carbocycles. The van der Waals surface area contributed by atoms with Crippen LogP contribution in [0.25, 0.3) is 0 Å². The molecule has 3 N–H and O–H groups in total. The average molecular weight is 1410 g/mol. The number of rotatable bonds is 77. The molecule has 0 saturated heterocycles. The molecule has 19 heteroatoms. The fraction of sp³-hybridized carbons (Fsp3) is 0.948. The van der Waals surface area contributed by atoms with Crippen LogP contribution in [0.3, 0.4) is 0 Å². The Bertz CT molecular complexity index is 1840. The number of phosphoric acid groups is 2. The largest absolute Gasteiger partial charge is 0.472 e. The highest BCUT2D eigenvalue weighted by atomic mass is 31.2. The van der Waals surface area contributed by atoms with Gasteiger partial charge in [0.15, 0.2) is 12.2 Å². The molecular formula is C77H150O17P2. The first-order valence-corrected chi connectivity index (χ1v) is 43.1. The third-order valence-electron chi connectivity index (χ3n) is 18.0. The molecule has 0 aliphatic heterocycles. The van der Waals surface area contributed by atoms with E-state index in [1.165, 1.54) is 231 Å². The molecule has 0 aromatic heterocycles. The molecule has 0 saturated carbocycles. The predicted molar refractivity (Wildman–Crippen MR) is 391 cm³/mol. The van der Waals surface area contributed by atoms with Gasteiger partial charge in [-0.1, -0.05) is 356 Å². The van der Waals surface area contributed by atoms with Gasteiger partial charge in [0.1, 0.15) is 19.3 Å². The Hall–Kier alpha value is -1.94. The van der Waals surface area contributed by atoms with E-state index in [1.54, 1.807) is 0 Å². The first-order chi connectivity index (χ1) is 46.5. The van der Waals surface area contributed by atoms with Gasteiger partial charge in [-0.15, -0.1) is 0 Å². The number of esters is 4. The van der Waals surface area contributed by atoms with Gasteiger partial charge in [-0.25, -0.2) is 9.13 Å². The van der Waals surface area contributed by atoms with Crippen molar-refractivity contribution in [2.24, 2.45) is 5.92 Å². The molecular weight excluding hydrogens is 1260 g/mol. The topological polar surface area (TPSA) is 237 Å². The van der Waals surface area contributed by atoms with Gasteiger partial charge in [0.05, 0.1) is 26.4 Å². The number of aliphatic hydroxyl groups excluding tert-OH is 1. The van der Waals surface area contributed by atoms with E-state index in [4.69, 9.17) is 37.0 Å². The second kappa shape index (κ2) is 70.1. The van der Waals surface area contributed by atoms with Crippen LogP contribution in [0.1, 0.15) is 407 Å². The molecule has 96 heavy (non-hydrogen) atoms. The number of aliphatic hydroxyl groups is 1. The van der Waals surface area contributed by atoms with Crippen LogP contribution in [0.4, 0.5) is 0 Å². The van der Waals surface area contributed by atoms with Crippen LogP contribution < -0.4 is 0 Å². The summed E-state index contributed by atoms with van der Waals surface area (Å²) in [6, 6.07) is 0. The second-order valence-corrected chi connectivity index (χ2v) is 31.1. The summed E-state index contributed by atoms with van der Waals surface area (Å²) in [5.41, 5.74) is 0. The zero-order chi connectivity index (χ0) is 70.5. The minimum Gasteiger partial charge on any atom is -0.462 e. The maximum atomic E-state index is 13.1. The molecule has 0 rings (SSSR count). The molecule has 0 fully saturated rings. The fourth-order valence-electron chi connectivity index (χ4n) is 11.9. The van der Waals surface area contributed by atoms with Crippen molar-refractivity contribution in [2.75, 3.05) is 39.6 Å². The zero-order valence-corrected chi connectivity index (χ0v) is 64.3. The zero-order valence-electron chi connectivity index (χ0n) is 62.5. The quantitative estimate of drug-likeness (QED) is 0.0222. The van der Waals surface area contributed by atoms with Crippen molar-refractivity contribution in [3.63, 3.8) is 0 Å². The maximum absolute atomic E-state index is 13.1. The second-order valence-electron chi connectivity index (χ2n) is 28.2. The highest BCUT2D eigenvalue weighted by molar-refractivity contribution is 7.47. The highest BCUT2D eigenvalue weighted by Crippen LogP contribution is 2.45. The first kappa shape index (κ1) is 94.1. The lowest BCUT2D eigenvalue weighted by molar-refractivity contribution is -0.161. The molecule has 0 heterocycles. The maximum Gasteiger partial charge on any atom is 0.472 e. The fourth-order valence-corrected chi connectivity index (χ4v) is 13.5. The van der Waals surface area contributed by atoms with Crippen molar-refractivity contribution in [2.45, 2.75) is 425 Å². The van der Waals surface area contributed by atoms with E-state index in [2.05, 4.69) is 34.6 Å². The van der Waals surface area contributed by atoms with Crippen LogP contribution in [0.15, 0.2) is 0 Å². The number of hydrogen-bond acceptors (Lipinski definition) is 15. The number of unbranched alkanes of at least 4 members (excludes halogenated alkanes) is 49. The Labute approximate surface area is 588 Å². The van der Waals surface area contributed by atoms with Crippen molar-refractivity contribution < 1.29 is 80.2 Å². The molecule has 5 atom stereocenters. The summed E-state index contributed by atoms with van der Waals surface area (Å²) in [6.07, 6.45) is 59.6. The summed E-state index contributed by atoms with van der Waals surface area (Å²) in [5.74, 6) is -1.38. The van der Waals surface area contributed by atoms with E-state index in [1.807, 2.05) is 0 Å². The first-order valence-electron chi connectivity index (χ1n) is 40.1.